The van der Waals surface area contributed by atoms with Crippen molar-refractivity contribution in [3.05, 3.63) is 17.6 Å². The first-order valence-corrected chi connectivity index (χ1v) is 7.36. The molecule has 1 aromatic heterocycles. The van der Waals surface area contributed by atoms with Gasteiger partial charge in [0.15, 0.2) is 0 Å². The summed E-state index contributed by atoms with van der Waals surface area (Å²) in [5, 5.41) is 3.60. The van der Waals surface area contributed by atoms with Crippen molar-refractivity contribution >= 4 is 5.82 Å². The molecule has 1 heterocycles. The Kier molecular flexibility index (Phi) is 4.75. The van der Waals surface area contributed by atoms with Gasteiger partial charge in [0.25, 0.3) is 0 Å². The zero-order valence-corrected chi connectivity index (χ0v) is 12.6. The second kappa shape index (κ2) is 6.33. The quantitative estimate of drug-likeness (QED) is 0.905. The lowest BCUT2D eigenvalue weighted by Crippen LogP contribution is -2.38. The molecule has 19 heavy (non-hydrogen) atoms. The molecule has 0 aliphatic heterocycles. The van der Waals surface area contributed by atoms with Gasteiger partial charge in [-0.2, -0.15) is 0 Å². The van der Waals surface area contributed by atoms with Crippen LogP contribution in [0.3, 0.4) is 0 Å². The summed E-state index contributed by atoms with van der Waals surface area (Å²) in [7, 11) is 4.36. The Morgan fingerprint density at radius 2 is 2.11 bits per heavy atom. The van der Waals surface area contributed by atoms with E-state index in [0.717, 1.165) is 23.8 Å². The zero-order valence-electron chi connectivity index (χ0n) is 12.6. The first-order valence-electron chi connectivity index (χ1n) is 7.36. The number of hydrogen-bond acceptors (Lipinski definition) is 4. The molecule has 4 nitrogen and oxygen atoms in total. The molecule has 106 valence electrons. The molecule has 0 bridgehead atoms. The van der Waals surface area contributed by atoms with Gasteiger partial charge < -0.3 is 10.2 Å². The second-order valence-electron chi connectivity index (χ2n) is 5.77. The van der Waals surface area contributed by atoms with Crippen LogP contribution in [-0.2, 0) is 6.42 Å². The molecule has 1 aliphatic carbocycles. The smallest absolute Gasteiger partial charge is 0.130 e. The topological polar surface area (TPSA) is 41.0 Å². The van der Waals surface area contributed by atoms with E-state index in [2.05, 4.69) is 47.3 Å². The lowest BCUT2D eigenvalue weighted by molar-refractivity contribution is 0.219. The lowest BCUT2D eigenvalue weighted by Gasteiger charge is -2.34. The van der Waals surface area contributed by atoms with Crippen LogP contribution in [-0.4, -0.2) is 41.0 Å². The maximum Gasteiger partial charge on any atom is 0.130 e. The third-order valence-electron chi connectivity index (χ3n) is 3.98. The zero-order chi connectivity index (χ0) is 13.8. The van der Waals surface area contributed by atoms with Gasteiger partial charge in [-0.25, -0.2) is 9.97 Å². The number of rotatable bonds is 4. The van der Waals surface area contributed by atoms with Gasteiger partial charge in [0.05, 0.1) is 0 Å². The van der Waals surface area contributed by atoms with Gasteiger partial charge in [0, 0.05) is 23.8 Å². The van der Waals surface area contributed by atoms with E-state index >= 15 is 0 Å². The van der Waals surface area contributed by atoms with Crippen LogP contribution in [0.15, 0.2) is 6.07 Å². The van der Waals surface area contributed by atoms with Crippen LogP contribution in [0.4, 0.5) is 5.82 Å². The minimum atomic E-state index is 0.542. The van der Waals surface area contributed by atoms with Crippen molar-refractivity contribution in [3.63, 3.8) is 0 Å². The highest BCUT2D eigenvalue weighted by Gasteiger charge is 2.23. The number of nitrogens with zero attached hydrogens (tertiary/aromatic N) is 3. The summed E-state index contributed by atoms with van der Waals surface area (Å²) < 4.78 is 0. The van der Waals surface area contributed by atoms with Crippen molar-refractivity contribution in [2.24, 2.45) is 0 Å². The van der Waals surface area contributed by atoms with Crippen molar-refractivity contribution in [3.8, 4) is 0 Å². The number of hydrogen-bond donors (Lipinski definition) is 1. The Hall–Kier alpha value is -1.16. The average molecular weight is 262 g/mol. The molecule has 0 amide bonds. The van der Waals surface area contributed by atoms with Gasteiger partial charge in [0.1, 0.15) is 11.6 Å². The molecular weight excluding hydrogens is 236 g/mol. The van der Waals surface area contributed by atoms with E-state index in [0.29, 0.717) is 12.1 Å². The Bertz CT molecular complexity index is 417. The van der Waals surface area contributed by atoms with E-state index in [1.807, 2.05) is 6.92 Å². The van der Waals surface area contributed by atoms with E-state index in [1.54, 1.807) is 0 Å². The number of anilines is 1. The van der Waals surface area contributed by atoms with Crippen molar-refractivity contribution in [1.29, 1.82) is 0 Å². The van der Waals surface area contributed by atoms with Crippen LogP contribution in [0.2, 0.25) is 0 Å². The highest BCUT2D eigenvalue weighted by molar-refractivity contribution is 5.37. The molecule has 2 atom stereocenters. The molecule has 0 spiro atoms. The highest BCUT2D eigenvalue weighted by atomic mass is 15.1. The summed E-state index contributed by atoms with van der Waals surface area (Å²) in [5.41, 5.74) is 1.12. The molecule has 0 saturated heterocycles. The largest absolute Gasteiger partial charge is 0.367 e. The third-order valence-corrected chi connectivity index (χ3v) is 3.98. The minimum Gasteiger partial charge on any atom is -0.367 e. The Morgan fingerprint density at radius 3 is 2.79 bits per heavy atom. The summed E-state index contributed by atoms with van der Waals surface area (Å²) in [5.74, 6) is 1.86. The normalized spacial score (nSPS) is 23.6. The van der Waals surface area contributed by atoms with Crippen LogP contribution in [0, 0.1) is 6.92 Å². The lowest BCUT2D eigenvalue weighted by atomic mass is 9.90. The van der Waals surface area contributed by atoms with Crippen molar-refractivity contribution < 1.29 is 0 Å². The summed E-state index contributed by atoms with van der Waals surface area (Å²) >= 11 is 0. The highest BCUT2D eigenvalue weighted by Crippen LogP contribution is 2.24. The SMILES string of the molecule is CCc1cc(NC2CCCC(N(C)C)C2)nc(C)n1. The molecule has 0 radical (unpaired) electrons. The summed E-state index contributed by atoms with van der Waals surface area (Å²) in [6, 6.07) is 3.33. The van der Waals surface area contributed by atoms with Gasteiger partial charge >= 0.3 is 0 Å². The molecular formula is C15H26N4. The van der Waals surface area contributed by atoms with Crippen molar-refractivity contribution in [1.82, 2.24) is 14.9 Å². The fourth-order valence-electron chi connectivity index (χ4n) is 2.86. The van der Waals surface area contributed by atoms with Crippen molar-refractivity contribution in [2.45, 2.75) is 58.0 Å². The van der Waals surface area contributed by atoms with Gasteiger partial charge in [-0.3, -0.25) is 0 Å². The number of nitrogens with one attached hydrogen (secondary N) is 1. The predicted octanol–water partition coefficient (Wildman–Crippen LogP) is 2.63. The summed E-state index contributed by atoms with van der Waals surface area (Å²) in [4.78, 5) is 11.3. The monoisotopic (exact) mass is 262 g/mol. The second-order valence-corrected chi connectivity index (χ2v) is 5.77. The Labute approximate surface area is 116 Å². The molecule has 4 heteroatoms. The maximum atomic E-state index is 4.51. The first-order chi connectivity index (χ1) is 9.08. The Balaban J connectivity index is 2.02. The Morgan fingerprint density at radius 1 is 1.32 bits per heavy atom. The van der Waals surface area contributed by atoms with E-state index < -0.39 is 0 Å². The van der Waals surface area contributed by atoms with Gasteiger partial charge in [-0.1, -0.05) is 6.92 Å². The molecule has 2 rings (SSSR count). The van der Waals surface area contributed by atoms with Gasteiger partial charge in [0.2, 0.25) is 0 Å². The fraction of sp³-hybridized carbons (Fsp3) is 0.733. The number of aryl methyl sites for hydroxylation is 2. The van der Waals surface area contributed by atoms with Crippen LogP contribution in [0.1, 0.15) is 44.1 Å². The van der Waals surface area contributed by atoms with Crippen LogP contribution >= 0.6 is 0 Å². The molecule has 1 saturated carbocycles. The summed E-state index contributed by atoms with van der Waals surface area (Å²) in [6.45, 7) is 4.10. The maximum absolute atomic E-state index is 4.51. The average Bonchev–Trinajstić information content (AvgIpc) is 2.38. The van der Waals surface area contributed by atoms with E-state index in [-0.39, 0.29) is 0 Å². The number of aromatic nitrogens is 2. The standard InChI is InChI=1S/C15H26N4/c1-5-12-10-15(17-11(2)16-12)18-13-7-6-8-14(9-13)19(3)4/h10,13-14H,5-9H2,1-4H3,(H,16,17,18). The van der Waals surface area contributed by atoms with Gasteiger partial charge in [-0.05, 0) is 53.1 Å². The van der Waals surface area contributed by atoms with Crippen molar-refractivity contribution in [2.75, 3.05) is 19.4 Å². The molecule has 2 unspecified atom stereocenters. The minimum absolute atomic E-state index is 0.542. The van der Waals surface area contributed by atoms with Gasteiger partial charge in [-0.15, -0.1) is 0 Å². The van der Waals surface area contributed by atoms with Crippen LogP contribution in [0.5, 0.6) is 0 Å². The third kappa shape index (κ3) is 3.90. The predicted molar refractivity (Wildman–Crippen MR) is 79.5 cm³/mol. The molecule has 1 aliphatic rings. The summed E-state index contributed by atoms with van der Waals surface area (Å²) in [6.07, 6.45) is 6.02. The van der Waals surface area contributed by atoms with E-state index in [9.17, 15) is 0 Å². The molecule has 0 aromatic carbocycles. The molecule has 1 fully saturated rings. The first kappa shape index (κ1) is 14.3. The van der Waals surface area contributed by atoms with Crippen LogP contribution in [0.25, 0.3) is 0 Å². The fourth-order valence-corrected chi connectivity index (χ4v) is 2.86. The molecule has 1 N–H and O–H groups in total. The van der Waals surface area contributed by atoms with E-state index in [1.165, 1.54) is 25.7 Å². The van der Waals surface area contributed by atoms with E-state index in [4.69, 9.17) is 0 Å². The van der Waals surface area contributed by atoms with Crippen LogP contribution < -0.4 is 5.32 Å². The molecule has 1 aromatic rings.